The summed E-state index contributed by atoms with van der Waals surface area (Å²) in [5.41, 5.74) is 0.293. The first-order valence-electron chi connectivity index (χ1n) is 5.24. The highest BCUT2D eigenvalue weighted by Crippen LogP contribution is 2.28. The summed E-state index contributed by atoms with van der Waals surface area (Å²) in [7, 11) is 0. The topological polar surface area (TPSA) is 40.5 Å². The standard InChI is InChI=1S/C12H14FNO2/c1-12(16)4-5-14(8-12)11-3-2-10(13)6-9(11)7-15/h2-3,6-7,16H,4-5,8H2,1H3. The Kier molecular flexibility index (Phi) is 2.68. The molecule has 16 heavy (non-hydrogen) atoms. The first-order valence-corrected chi connectivity index (χ1v) is 5.24. The maximum Gasteiger partial charge on any atom is 0.152 e. The van der Waals surface area contributed by atoms with E-state index in [1.807, 2.05) is 4.90 Å². The van der Waals surface area contributed by atoms with Crippen LogP contribution in [0.2, 0.25) is 0 Å². The van der Waals surface area contributed by atoms with Gasteiger partial charge in [0.05, 0.1) is 5.60 Å². The molecule has 1 saturated heterocycles. The summed E-state index contributed by atoms with van der Waals surface area (Å²) in [4.78, 5) is 12.7. The number of aldehydes is 1. The molecule has 86 valence electrons. The summed E-state index contributed by atoms with van der Waals surface area (Å²) in [6.07, 6.45) is 1.30. The molecule has 1 unspecified atom stereocenters. The van der Waals surface area contributed by atoms with E-state index in [0.29, 0.717) is 37.0 Å². The van der Waals surface area contributed by atoms with Crippen LogP contribution in [0.3, 0.4) is 0 Å². The lowest BCUT2D eigenvalue weighted by Gasteiger charge is -2.22. The van der Waals surface area contributed by atoms with Gasteiger partial charge in [-0.1, -0.05) is 0 Å². The van der Waals surface area contributed by atoms with Crippen LogP contribution in [0.4, 0.5) is 10.1 Å². The Morgan fingerprint density at radius 3 is 2.88 bits per heavy atom. The van der Waals surface area contributed by atoms with E-state index in [0.717, 1.165) is 0 Å². The Bertz CT molecular complexity index is 417. The van der Waals surface area contributed by atoms with E-state index in [9.17, 15) is 14.3 Å². The lowest BCUT2D eigenvalue weighted by molar-refractivity contribution is 0.0839. The molecule has 1 aliphatic heterocycles. The van der Waals surface area contributed by atoms with Crippen LogP contribution >= 0.6 is 0 Å². The highest BCUT2D eigenvalue weighted by Gasteiger charge is 2.32. The minimum Gasteiger partial charge on any atom is -0.388 e. The Morgan fingerprint density at radius 1 is 1.56 bits per heavy atom. The molecule has 1 fully saturated rings. The predicted molar refractivity (Wildman–Crippen MR) is 59.2 cm³/mol. The molecule has 2 rings (SSSR count). The molecule has 0 aromatic heterocycles. The van der Waals surface area contributed by atoms with Crippen LogP contribution in [-0.2, 0) is 0 Å². The highest BCUT2D eigenvalue weighted by atomic mass is 19.1. The van der Waals surface area contributed by atoms with Crippen molar-refractivity contribution in [2.24, 2.45) is 0 Å². The Hall–Kier alpha value is -1.42. The number of carbonyl (C=O) groups is 1. The maximum atomic E-state index is 12.9. The van der Waals surface area contributed by atoms with Gasteiger partial charge in [-0.05, 0) is 31.5 Å². The lowest BCUT2D eigenvalue weighted by atomic mass is 10.1. The summed E-state index contributed by atoms with van der Waals surface area (Å²) in [6, 6.07) is 4.13. The molecule has 4 heteroatoms. The van der Waals surface area contributed by atoms with Gasteiger partial charge in [0.25, 0.3) is 0 Å². The average Bonchev–Trinajstić information content (AvgIpc) is 2.58. The van der Waals surface area contributed by atoms with Gasteiger partial charge >= 0.3 is 0 Å². The zero-order valence-corrected chi connectivity index (χ0v) is 9.11. The van der Waals surface area contributed by atoms with Gasteiger partial charge in [-0.25, -0.2) is 4.39 Å². The van der Waals surface area contributed by atoms with Crippen LogP contribution < -0.4 is 4.90 Å². The van der Waals surface area contributed by atoms with Crippen molar-refractivity contribution in [1.82, 2.24) is 0 Å². The van der Waals surface area contributed by atoms with Gasteiger partial charge in [0.15, 0.2) is 6.29 Å². The normalized spacial score (nSPS) is 24.8. The molecule has 1 N–H and O–H groups in total. The molecule has 1 atom stereocenters. The molecule has 1 aliphatic rings. The van der Waals surface area contributed by atoms with E-state index in [1.165, 1.54) is 12.1 Å². The number of nitrogens with zero attached hydrogens (tertiary/aromatic N) is 1. The minimum atomic E-state index is -0.728. The first kappa shape index (κ1) is 11.1. The van der Waals surface area contributed by atoms with Crippen molar-refractivity contribution in [2.75, 3.05) is 18.0 Å². The van der Waals surface area contributed by atoms with Gasteiger partial charge < -0.3 is 10.0 Å². The Balaban J connectivity index is 2.31. The molecule has 1 aromatic carbocycles. The molecule has 0 bridgehead atoms. The highest BCUT2D eigenvalue weighted by molar-refractivity contribution is 5.84. The number of benzene rings is 1. The van der Waals surface area contributed by atoms with Gasteiger partial charge in [-0.2, -0.15) is 0 Å². The smallest absolute Gasteiger partial charge is 0.152 e. The van der Waals surface area contributed by atoms with Gasteiger partial charge in [-0.15, -0.1) is 0 Å². The fraction of sp³-hybridized carbons (Fsp3) is 0.417. The monoisotopic (exact) mass is 223 g/mol. The molecule has 0 aliphatic carbocycles. The number of hydrogen-bond donors (Lipinski definition) is 1. The zero-order valence-electron chi connectivity index (χ0n) is 9.11. The van der Waals surface area contributed by atoms with Crippen LogP contribution in [0.15, 0.2) is 18.2 Å². The number of rotatable bonds is 2. The zero-order chi connectivity index (χ0) is 11.8. The number of anilines is 1. The van der Waals surface area contributed by atoms with Gasteiger partial charge in [0, 0.05) is 24.3 Å². The third-order valence-corrected chi connectivity index (χ3v) is 2.91. The number of halogens is 1. The molecule has 0 saturated carbocycles. The van der Waals surface area contributed by atoms with E-state index >= 15 is 0 Å². The fourth-order valence-electron chi connectivity index (χ4n) is 2.06. The SMILES string of the molecule is CC1(O)CCN(c2ccc(F)cc2C=O)C1. The van der Waals surface area contributed by atoms with Gasteiger partial charge in [0.2, 0.25) is 0 Å². The van der Waals surface area contributed by atoms with Crippen molar-refractivity contribution in [3.63, 3.8) is 0 Å². The summed E-state index contributed by atoms with van der Waals surface area (Å²) < 4.78 is 12.9. The molecule has 0 spiro atoms. The van der Waals surface area contributed by atoms with E-state index in [2.05, 4.69) is 0 Å². The number of hydrogen-bond acceptors (Lipinski definition) is 3. The third-order valence-electron chi connectivity index (χ3n) is 2.91. The van der Waals surface area contributed by atoms with Crippen LogP contribution in [0.1, 0.15) is 23.7 Å². The number of aliphatic hydroxyl groups is 1. The number of β-amino-alcohol motifs (C(OH)–C–C–N with tert-alkyl or cyclic N) is 1. The van der Waals surface area contributed by atoms with Crippen molar-refractivity contribution >= 4 is 12.0 Å². The first-order chi connectivity index (χ1) is 7.52. The fourth-order valence-corrected chi connectivity index (χ4v) is 2.06. The maximum absolute atomic E-state index is 12.9. The van der Waals surface area contributed by atoms with Crippen LogP contribution in [-0.4, -0.2) is 30.1 Å². The van der Waals surface area contributed by atoms with Crippen molar-refractivity contribution < 1.29 is 14.3 Å². The molecule has 0 amide bonds. The molecule has 1 aromatic rings. The van der Waals surface area contributed by atoms with Crippen LogP contribution in [0.5, 0.6) is 0 Å². The van der Waals surface area contributed by atoms with Crippen molar-refractivity contribution in [2.45, 2.75) is 18.9 Å². The second-order valence-corrected chi connectivity index (χ2v) is 4.49. The Morgan fingerprint density at radius 2 is 2.31 bits per heavy atom. The Labute approximate surface area is 93.5 Å². The largest absolute Gasteiger partial charge is 0.388 e. The third kappa shape index (κ3) is 2.07. The van der Waals surface area contributed by atoms with Crippen molar-refractivity contribution in [3.8, 4) is 0 Å². The van der Waals surface area contributed by atoms with Crippen LogP contribution in [0.25, 0.3) is 0 Å². The number of carbonyl (C=O) groups excluding carboxylic acids is 1. The van der Waals surface area contributed by atoms with Gasteiger partial charge in [-0.3, -0.25) is 4.79 Å². The molecular weight excluding hydrogens is 209 g/mol. The summed E-state index contributed by atoms with van der Waals surface area (Å²) in [6.45, 7) is 2.91. The van der Waals surface area contributed by atoms with E-state index in [1.54, 1.807) is 13.0 Å². The average molecular weight is 223 g/mol. The second kappa shape index (κ2) is 3.87. The summed E-state index contributed by atoms with van der Waals surface area (Å²) >= 11 is 0. The predicted octanol–water partition coefficient (Wildman–Crippen LogP) is 1.60. The summed E-state index contributed by atoms with van der Waals surface area (Å²) in [5, 5.41) is 9.84. The van der Waals surface area contributed by atoms with Crippen molar-refractivity contribution in [3.05, 3.63) is 29.6 Å². The molecular formula is C12H14FNO2. The van der Waals surface area contributed by atoms with Crippen LogP contribution in [0, 0.1) is 5.82 Å². The molecule has 1 heterocycles. The van der Waals surface area contributed by atoms with E-state index in [4.69, 9.17) is 0 Å². The molecule has 3 nitrogen and oxygen atoms in total. The van der Waals surface area contributed by atoms with E-state index in [-0.39, 0.29) is 0 Å². The second-order valence-electron chi connectivity index (χ2n) is 4.49. The van der Waals surface area contributed by atoms with Gasteiger partial charge in [0.1, 0.15) is 5.82 Å². The lowest BCUT2D eigenvalue weighted by Crippen LogP contribution is -2.30. The molecule has 0 radical (unpaired) electrons. The van der Waals surface area contributed by atoms with E-state index < -0.39 is 11.4 Å². The quantitative estimate of drug-likeness (QED) is 0.774. The minimum absolute atomic E-state index is 0.331. The summed E-state index contributed by atoms with van der Waals surface area (Å²) in [5.74, 6) is -0.420. The van der Waals surface area contributed by atoms with Crippen molar-refractivity contribution in [1.29, 1.82) is 0 Å².